The third-order valence-corrected chi connectivity index (χ3v) is 0.705. The molecule has 0 aliphatic carbocycles. The largest absolute Gasteiger partial charge is 0.349 e. The number of hydrogen-bond acceptors (Lipinski definition) is 3. The Morgan fingerprint density at radius 2 is 1.89 bits per heavy atom. The van der Waals surface area contributed by atoms with E-state index in [1.54, 1.807) is 0 Å². The van der Waals surface area contributed by atoms with Gasteiger partial charge in [-0.25, -0.2) is 4.79 Å². The first-order chi connectivity index (χ1) is 4.16. The molecule has 0 unspecified atom stereocenters. The van der Waals surface area contributed by atoms with E-state index in [0.29, 0.717) is 0 Å². The van der Waals surface area contributed by atoms with Crippen LogP contribution in [-0.2, 0) is 13.9 Å². The molecule has 0 aromatic heterocycles. The number of halogens is 2. The summed E-state index contributed by atoms with van der Waals surface area (Å²) in [5, 5.41) is -0.753. The van der Waals surface area contributed by atoms with Crippen molar-refractivity contribution in [3.63, 3.8) is 0 Å². The molecular weight excluding hydrogens is 167 g/mol. The van der Waals surface area contributed by atoms with Gasteiger partial charge >= 0.3 is 5.97 Å². The maximum atomic E-state index is 10.1. The average Bonchev–Trinajstić information content (AvgIpc) is 1.83. The van der Waals surface area contributed by atoms with Gasteiger partial charge < -0.3 is 4.29 Å². The Kier molecular flexibility index (Phi) is 4.09. The zero-order chi connectivity index (χ0) is 7.28. The van der Waals surface area contributed by atoms with Crippen molar-refractivity contribution >= 4 is 34.7 Å². The predicted molar refractivity (Wildman–Crippen MR) is 31.9 cm³/mol. The molecular formula is C4H2Cl2O3. The summed E-state index contributed by atoms with van der Waals surface area (Å²) in [6.45, 7) is 0. The lowest BCUT2D eigenvalue weighted by Crippen LogP contribution is -1.90. The quantitative estimate of drug-likeness (QED) is 0.457. The van der Waals surface area contributed by atoms with E-state index >= 15 is 0 Å². The summed E-state index contributed by atoms with van der Waals surface area (Å²) in [5.41, 5.74) is 0. The van der Waals surface area contributed by atoms with Crippen molar-refractivity contribution in [2.75, 3.05) is 0 Å². The molecule has 0 N–H and O–H groups in total. The van der Waals surface area contributed by atoms with Crippen LogP contribution in [0.1, 0.15) is 0 Å². The van der Waals surface area contributed by atoms with Gasteiger partial charge in [-0.05, 0) is 11.6 Å². The lowest BCUT2D eigenvalue weighted by molar-refractivity contribution is -0.128. The van der Waals surface area contributed by atoms with Crippen molar-refractivity contribution in [2.24, 2.45) is 0 Å². The van der Waals surface area contributed by atoms with Crippen LogP contribution < -0.4 is 0 Å². The van der Waals surface area contributed by atoms with E-state index in [1.807, 2.05) is 0 Å². The Bertz CT molecular complexity index is 152. The summed E-state index contributed by atoms with van der Waals surface area (Å²) in [4.78, 5) is 20.0. The van der Waals surface area contributed by atoms with Crippen molar-refractivity contribution in [1.82, 2.24) is 0 Å². The molecule has 0 aliphatic rings. The van der Waals surface area contributed by atoms with Crippen LogP contribution >= 0.6 is 23.5 Å². The molecule has 3 nitrogen and oxygen atoms in total. The zero-order valence-corrected chi connectivity index (χ0v) is 5.65. The van der Waals surface area contributed by atoms with Gasteiger partial charge in [0.1, 0.15) is 11.9 Å². The average molecular weight is 169 g/mol. The molecule has 9 heavy (non-hydrogen) atoms. The van der Waals surface area contributed by atoms with Crippen molar-refractivity contribution < 1.29 is 13.9 Å². The first kappa shape index (κ1) is 8.46. The molecule has 0 fully saturated rings. The maximum absolute atomic E-state index is 10.1. The van der Waals surface area contributed by atoms with Crippen LogP contribution in [0.4, 0.5) is 0 Å². The van der Waals surface area contributed by atoms with Crippen LogP contribution in [-0.4, -0.2) is 11.2 Å². The summed E-state index contributed by atoms with van der Waals surface area (Å²) >= 11 is 9.38. The minimum Gasteiger partial charge on any atom is -0.344 e. The minimum absolute atomic E-state index is 0.753. The van der Waals surface area contributed by atoms with Crippen LogP contribution in [0.5, 0.6) is 0 Å². The standard InChI is InChI=1S/C4H2Cl2O3/c5-3(7)1-2-4(8)9-6/h1-2H/b2-1+. The maximum Gasteiger partial charge on any atom is 0.349 e. The van der Waals surface area contributed by atoms with Gasteiger partial charge in [0.2, 0.25) is 5.24 Å². The van der Waals surface area contributed by atoms with Crippen LogP contribution in [0, 0.1) is 0 Å². The second-order valence-corrected chi connectivity index (χ2v) is 1.56. The predicted octanol–water partition coefficient (Wildman–Crippen LogP) is 1.00. The lowest BCUT2D eigenvalue weighted by atomic mass is 10.5. The fraction of sp³-hybridized carbons (Fsp3) is 0. The first-order valence-electron chi connectivity index (χ1n) is 1.87. The molecule has 0 amide bonds. The molecule has 0 heterocycles. The fourth-order valence-electron chi connectivity index (χ4n) is 0.159. The van der Waals surface area contributed by atoms with E-state index in [2.05, 4.69) is 16.2 Å². The lowest BCUT2D eigenvalue weighted by Gasteiger charge is -1.80. The van der Waals surface area contributed by atoms with Gasteiger partial charge in [-0.1, -0.05) is 0 Å². The van der Waals surface area contributed by atoms with E-state index in [1.165, 1.54) is 0 Å². The van der Waals surface area contributed by atoms with E-state index in [4.69, 9.17) is 11.6 Å². The monoisotopic (exact) mass is 168 g/mol. The summed E-state index contributed by atoms with van der Waals surface area (Å²) in [6, 6.07) is 0. The number of rotatable bonds is 2. The van der Waals surface area contributed by atoms with Gasteiger partial charge in [0.25, 0.3) is 0 Å². The van der Waals surface area contributed by atoms with Gasteiger partial charge in [0.15, 0.2) is 0 Å². The van der Waals surface area contributed by atoms with Crippen LogP contribution in [0.3, 0.4) is 0 Å². The molecule has 50 valence electrons. The summed E-state index contributed by atoms with van der Waals surface area (Å²) in [6.07, 6.45) is 1.66. The second-order valence-electron chi connectivity index (χ2n) is 1.03. The molecule has 0 saturated carbocycles. The molecule has 0 atom stereocenters. The highest BCUT2D eigenvalue weighted by Gasteiger charge is 1.93. The number of hydrogen-bond donors (Lipinski definition) is 0. The fourth-order valence-corrected chi connectivity index (χ4v) is 0.274. The topological polar surface area (TPSA) is 43.4 Å². The molecule has 0 bridgehead atoms. The third kappa shape index (κ3) is 5.33. The highest BCUT2D eigenvalue weighted by atomic mass is 35.5. The molecule has 0 spiro atoms. The third-order valence-electron chi connectivity index (χ3n) is 0.426. The molecule has 0 aromatic rings. The van der Waals surface area contributed by atoms with E-state index in [-0.39, 0.29) is 0 Å². The molecule has 0 rings (SSSR count). The summed E-state index contributed by atoms with van der Waals surface area (Å²) < 4.78 is 3.64. The Morgan fingerprint density at radius 3 is 2.22 bits per heavy atom. The number of carbonyl (C=O) groups is 2. The van der Waals surface area contributed by atoms with Gasteiger partial charge in [-0.2, -0.15) is 0 Å². The van der Waals surface area contributed by atoms with E-state index < -0.39 is 11.2 Å². The van der Waals surface area contributed by atoms with E-state index in [9.17, 15) is 9.59 Å². The smallest absolute Gasteiger partial charge is 0.344 e. The second kappa shape index (κ2) is 4.35. The molecule has 0 radical (unpaired) electrons. The zero-order valence-electron chi connectivity index (χ0n) is 4.14. The van der Waals surface area contributed by atoms with Gasteiger partial charge in [-0.15, -0.1) is 0 Å². The highest BCUT2D eigenvalue weighted by molar-refractivity contribution is 6.66. The molecule has 0 saturated heterocycles. The molecule has 0 aliphatic heterocycles. The summed E-state index contributed by atoms with van der Waals surface area (Å²) in [5.74, 6) is -0.828. The molecule has 5 heteroatoms. The number of allylic oxidation sites excluding steroid dienone is 1. The Morgan fingerprint density at radius 1 is 1.33 bits per heavy atom. The molecule has 0 aromatic carbocycles. The number of carbonyl (C=O) groups excluding carboxylic acids is 2. The van der Waals surface area contributed by atoms with Crippen LogP contribution in [0.2, 0.25) is 0 Å². The van der Waals surface area contributed by atoms with Crippen molar-refractivity contribution in [3.8, 4) is 0 Å². The Hall–Kier alpha value is -0.540. The van der Waals surface area contributed by atoms with Crippen molar-refractivity contribution in [2.45, 2.75) is 0 Å². The minimum atomic E-state index is -0.828. The van der Waals surface area contributed by atoms with Crippen LogP contribution in [0.15, 0.2) is 12.2 Å². The Balaban J connectivity index is 3.71. The van der Waals surface area contributed by atoms with Crippen molar-refractivity contribution in [1.29, 1.82) is 0 Å². The Labute approximate surface area is 61.4 Å². The van der Waals surface area contributed by atoms with E-state index in [0.717, 1.165) is 12.2 Å². The van der Waals surface area contributed by atoms with Gasteiger partial charge in [0.05, 0.1) is 0 Å². The SMILES string of the molecule is O=C(Cl)/C=C/C(=O)OCl. The van der Waals surface area contributed by atoms with Gasteiger partial charge in [0, 0.05) is 12.2 Å². The van der Waals surface area contributed by atoms with Crippen LogP contribution in [0.25, 0.3) is 0 Å². The van der Waals surface area contributed by atoms with Gasteiger partial charge in [-0.3, -0.25) is 4.79 Å². The normalized spacial score (nSPS) is 9.56. The van der Waals surface area contributed by atoms with Crippen molar-refractivity contribution in [3.05, 3.63) is 12.2 Å². The first-order valence-corrected chi connectivity index (χ1v) is 2.55. The summed E-state index contributed by atoms with van der Waals surface area (Å²) in [7, 11) is 0. The highest BCUT2D eigenvalue weighted by Crippen LogP contribution is 1.87.